The molecule has 19 heavy (non-hydrogen) atoms. The average Bonchev–Trinajstić information content (AvgIpc) is 2.47. The average molecular weight is 258 g/mol. The molecule has 1 saturated heterocycles. The number of fused-ring (bicyclic) bond motifs is 1. The van der Waals surface area contributed by atoms with Crippen molar-refractivity contribution in [2.24, 2.45) is 5.16 Å². The monoisotopic (exact) mass is 258 g/mol. The van der Waals surface area contributed by atoms with Crippen LogP contribution in [0.15, 0.2) is 46.3 Å². The molecule has 1 fully saturated rings. The summed E-state index contributed by atoms with van der Waals surface area (Å²) in [4.78, 5) is 12.2. The molecule has 1 aliphatic rings. The van der Waals surface area contributed by atoms with Crippen LogP contribution in [0.25, 0.3) is 10.9 Å². The number of para-hydroxylation sites is 1. The number of aromatic nitrogens is 1. The van der Waals surface area contributed by atoms with E-state index < -0.39 is 0 Å². The number of hydrogen-bond acceptors (Lipinski definition) is 4. The summed E-state index contributed by atoms with van der Waals surface area (Å²) in [6, 6.07) is 11.0. The molecule has 0 saturated carbocycles. The Morgan fingerprint density at radius 3 is 2.89 bits per heavy atom. The van der Waals surface area contributed by atoms with Crippen molar-refractivity contribution in [3.63, 3.8) is 0 Å². The highest BCUT2D eigenvalue weighted by molar-refractivity contribution is 5.95. The third-order valence-corrected chi connectivity index (χ3v) is 3.22. The molecule has 0 bridgehead atoms. The zero-order valence-electron chi connectivity index (χ0n) is 10.3. The summed E-state index contributed by atoms with van der Waals surface area (Å²) in [5, 5.41) is 18.1. The van der Waals surface area contributed by atoms with Crippen molar-refractivity contribution in [2.75, 3.05) is 24.6 Å². The molecular weight excluding hydrogens is 244 g/mol. The standard InChI is InChI=1S/C13H14N4O2/c18-13-6-5-10-3-1-2-4-11(10)17(13)16-8-7-14-9-12(16)15-19/h1-6,14,19H,7-9H2/b15-12+. The van der Waals surface area contributed by atoms with Crippen LogP contribution in [0.2, 0.25) is 0 Å². The molecule has 0 unspecified atom stereocenters. The lowest BCUT2D eigenvalue weighted by molar-refractivity contribution is 0.313. The van der Waals surface area contributed by atoms with Gasteiger partial charge in [-0.3, -0.25) is 9.80 Å². The summed E-state index contributed by atoms with van der Waals surface area (Å²) < 4.78 is 1.56. The molecule has 2 aromatic rings. The molecule has 6 heteroatoms. The lowest BCUT2D eigenvalue weighted by Gasteiger charge is -2.31. The van der Waals surface area contributed by atoms with Crippen LogP contribution in [0.1, 0.15) is 0 Å². The van der Waals surface area contributed by atoms with Gasteiger partial charge in [0.1, 0.15) is 0 Å². The fraction of sp³-hybridized carbons (Fsp3) is 0.231. The number of nitrogens with zero attached hydrogens (tertiary/aromatic N) is 3. The van der Waals surface area contributed by atoms with Crippen LogP contribution in [0.4, 0.5) is 0 Å². The summed E-state index contributed by atoms with van der Waals surface area (Å²) in [5.74, 6) is 0.435. The second kappa shape index (κ2) is 4.74. The van der Waals surface area contributed by atoms with Crippen molar-refractivity contribution in [2.45, 2.75) is 0 Å². The molecule has 2 N–H and O–H groups in total. The lowest BCUT2D eigenvalue weighted by atomic mass is 10.2. The van der Waals surface area contributed by atoms with Gasteiger partial charge in [0.15, 0.2) is 5.84 Å². The summed E-state index contributed by atoms with van der Waals surface area (Å²) in [7, 11) is 0. The smallest absolute Gasteiger partial charge is 0.269 e. The molecule has 1 aliphatic heterocycles. The number of amidine groups is 1. The van der Waals surface area contributed by atoms with E-state index in [1.807, 2.05) is 24.3 Å². The minimum Gasteiger partial charge on any atom is -0.409 e. The number of benzene rings is 1. The van der Waals surface area contributed by atoms with Crippen LogP contribution in [-0.2, 0) is 0 Å². The zero-order chi connectivity index (χ0) is 13.2. The summed E-state index contributed by atoms with van der Waals surface area (Å²) in [6.07, 6.45) is 0. The Kier molecular flexibility index (Phi) is 2.92. The first kappa shape index (κ1) is 11.7. The Bertz CT molecular complexity index is 692. The first-order valence-corrected chi connectivity index (χ1v) is 6.11. The third-order valence-electron chi connectivity index (χ3n) is 3.22. The van der Waals surface area contributed by atoms with E-state index in [-0.39, 0.29) is 5.56 Å². The van der Waals surface area contributed by atoms with Gasteiger partial charge in [-0.25, -0.2) is 4.68 Å². The molecule has 0 spiro atoms. The fourth-order valence-corrected chi connectivity index (χ4v) is 2.33. The van der Waals surface area contributed by atoms with Crippen molar-refractivity contribution in [1.82, 2.24) is 9.99 Å². The number of pyridine rings is 1. The Hall–Kier alpha value is -2.34. The van der Waals surface area contributed by atoms with E-state index in [1.54, 1.807) is 15.8 Å². The van der Waals surface area contributed by atoms with Gasteiger partial charge in [0, 0.05) is 18.0 Å². The number of oxime groups is 1. The maximum Gasteiger partial charge on any atom is 0.269 e. The first-order valence-electron chi connectivity index (χ1n) is 6.11. The largest absolute Gasteiger partial charge is 0.409 e. The quantitative estimate of drug-likeness (QED) is 0.571. The Balaban J connectivity index is 2.23. The lowest BCUT2D eigenvalue weighted by Crippen LogP contribution is -2.56. The predicted molar refractivity (Wildman–Crippen MR) is 73.4 cm³/mol. The van der Waals surface area contributed by atoms with Gasteiger partial charge in [0.05, 0.1) is 18.6 Å². The van der Waals surface area contributed by atoms with E-state index in [4.69, 9.17) is 5.21 Å². The van der Waals surface area contributed by atoms with Crippen molar-refractivity contribution in [3.8, 4) is 0 Å². The predicted octanol–water partition coefficient (Wildman–Crippen LogP) is 0.330. The Labute approximate surface area is 109 Å². The van der Waals surface area contributed by atoms with Crippen LogP contribution in [0, 0.1) is 0 Å². The second-order valence-corrected chi connectivity index (χ2v) is 4.36. The molecule has 98 valence electrons. The molecule has 0 aliphatic carbocycles. The van der Waals surface area contributed by atoms with Crippen LogP contribution in [-0.4, -0.2) is 35.4 Å². The molecule has 3 rings (SSSR count). The molecule has 0 atom stereocenters. The highest BCUT2D eigenvalue weighted by Crippen LogP contribution is 2.12. The third kappa shape index (κ3) is 1.96. The molecule has 1 aromatic heterocycles. The van der Waals surface area contributed by atoms with Crippen molar-refractivity contribution in [1.29, 1.82) is 0 Å². The van der Waals surface area contributed by atoms with E-state index in [0.29, 0.717) is 18.9 Å². The van der Waals surface area contributed by atoms with Gasteiger partial charge in [-0.05, 0) is 12.1 Å². The van der Waals surface area contributed by atoms with E-state index in [9.17, 15) is 4.79 Å². The van der Waals surface area contributed by atoms with Crippen LogP contribution in [0.3, 0.4) is 0 Å². The Morgan fingerprint density at radius 2 is 2.05 bits per heavy atom. The molecule has 2 heterocycles. The number of piperazine rings is 1. The molecule has 0 radical (unpaired) electrons. The van der Waals surface area contributed by atoms with E-state index in [0.717, 1.165) is 17.4 Å². The molecule has 6 nitrogen and oxygen atoms in total. The molecule has 1 aromatic carbocycles. The van der Waals surface area contributed by atoms with Gasteiger partial charge in [-0.15, -0.1) is 0 Å². The SMILES string of the molecule is O=c1ccc2ccccc2n1N1CCNC/C1=N\O. The summed E-state index contributed by atoms with van der Waals surface area (Å²) in [6.45, 7) is 1.74. The molecule has 0 amide bonds. The van der Waals surface area contributed by atoms with Crippen LogP contribution >= 0.6 is 0 Å². The zero-order valence-corrected chi connectivity index (χ0v) is 10.3. The van der Waals surface area contributed by atoms with Gasteiger partial charge >= 0.3 is 0 Å². The summed E-state index contributed by atoms with van der Waals surface area (Å²) >= 11 is 0. The van der Waals surface area contributed by atoms with Crippen LogP contribution in [0.5, 0.6) is 0 Å². The van der Waals surface area contributed by atoms with Gasteiger partial charge in [0.25, 0.3) is 5.56 Å². The van der Waals surface area contributed by atoms with E-state index >= 15 is 0 Å². The van der Waals surface area contributed by atoms with E-state index in [2.05, 4.69) is 10.5 Å². The van der Waals surface area contributed by atoms with Crippen molar-refractivity contribution < 1.29 is 5.21 Å². The van der Waals surface area contributed by atoms with Gasteiger partial charge < -0.3 is 10.5 Å². The first-order chi connectivity index (χ1) is 9.31. The van der Waals surface area contributed by atoms with Gasteiger partial charge in [-0.1, -0.05) is 23.4 Å². The Morgan fingerprint density at radius 1 is 1.21 bits per heavy atom. The number of rotatable bonds is 1. The minimum atomic E-state index is -0.137. The second-order valence-electron chi connectivity index (χ2n) is 4.36. The topological polar surface area (TPSA) is 69.9 Å². The van der Waals surface area contributed by atoms with Crippen LogP contribution < -0.4 is 15.9 Å². The maximum atomic E-state index is 12.2. The highest BCUT2D eigenvalue weighted by Gasteiger charge is 2.20. The highest BCUT2D eigenvalue weighted by atomic mass is 16.4. The normalized spacial score (nSPS) is 18.1. The fourth-order valence-electron chi connectivity index (χ4n) is 2.33. The summed E-state index contributed by atoms with van der Waals surface area (Å²) in [5.41, 5.74) is 0.666. The maximum absolute atomic E-state index is 12.2. The van der Waals surface area contributed by atoms with Crippen molar-refractivity contribution in [3.05, 3.63) is 46.8 Å². The number of hydrogen-bond donors (Lipinski definition) is 2. The van der Waals surface area contributed by atoms with Crippen molar-refractivity contribution >= 4 is 16.7 Å². The number of nitrogens with one attached hydrogen (secondary N) is 1. The molecular formula is C13H14N4O2. The minimum absolute atomic E-state index is 0.137. The van der Waals surface area contributed by atoms with Gasteiger partial charge in [0.2, 0.25) is 0 Å². The van der Waals surface area contributed by atoms with E-state index in [1.165, 1.54) is 6.07 Å². The van der Waals surface area contributed by atoms with Gasteiger partial charge in [-0.2, -0.15) is 0 Å².